The van der Waals surface area contributed by atoms with Crippen LogP contribution in [-0.2, 0) is 0 Å². The first-order valence-electron chi connectivity index (χ1n) is 7.40. The molecule has 0 saturated heterocycles. The molecule has 3 rings (SSSR count). The lowest BCUT2D eigenvalue weighted by Crippen LogP contribution is -2.28. The summed E-state index contributed by atoms with van der Waals surface area (Å²) >= 11 is 0. The van der Waals surface area contributed by atoms with Gasteiger partial charge in [0.15, 0.2) is 0 Å². The van der Waals surface area contributed by atoms with Crippen LogP contribution in [-0.4, -0.2) is 13.2 Å². The Labute approximate surface area is 120 Å². The molecule has 1 N–H and O–H groups in total. The summed E-state index contributed by atoms with van der Waals surface area (Å²) in [6, 6.07) is 19.4. The molecule has 2 atom stereocenters. The maximum Gasteiger partial charge on any atom is 0.122 e. The quantitative estimate of drug-likeness (QED) is 0.887. The molecule has 0 amide bonds. The van der Waals surface area contributed by atoms with Gasteiger partial charge in [-0.25, -0.2) is 0 Å². The zero-order valence-corrected chi connectivity index (χ0v) is 11.9. The molecule has 1 aliphatic rings. The Morgan fingerprint density at radius 2 is 1.85 bits per heavy atom. The predicted molar refractivity (Wildman–Crippen MR) is 82.2 cm³/mol. The molecule has 0 spiro atoms. The fraction of sp³-hybridized carbons (Fsp3) is 0.333. The minimum absolute atomic E-state index is 0.319. The van der Waals surface area contributed by atoms with E-state index < -0.39 is 0 Å². The molecule has 0 bridgehead atoms. The van der Waals surface area contributed by atoms with Gasteiger partial charge in [0.05, 0.1) is 6.61 Å². The molecule has 2 heteroatoms. The Hall–Kier alpha value is -1.80. The first kappa shape index (κ1) is 13.2. The molecule has 2 unspecified atom stereocenters. The lowest BCUT2D eigenvalue weighted by molar-refractivity contribution is 0.299. The van der Waals surface area contributed by atoms with Gasteiger partial charge < -0.3 is 10.1 Å². The van der Waals surface area contributed by atoms with E-state index in [0.717, 1.165) is 25.3 Å². The number of para-hydroxylation sites is 1. The van der Waals surface area contributed by atoms with Crippen molar-refractivity contribution in [3.8, 4) is 5.75 Å². The Morgan fingerprint density at radius 3 is 2.65 bits per heavy atom. The van der Waals surface area contributed by atoms with Gasteiger partial charge in [-0.3, -0.25) is 0 Å². The zero-order chi connectivity index (χ0) is 13.8. The van der Waals surface area contributed by atoms with E-state index in [4.69, 9.17) is 4.74 Å². The summed E-state index contributed by atoms with van der Waals surface area (Å²) in [5.74, 6) is 1.43. The molecule has 0 radical (unpaired) electrons. The maximum atomic E-state index is 5.85. The fourth-order valence-corrected chi connectivity index (χ4v) is 2.92. The first-order valence-corrected chi connectivity index (χ1v) is 7.40. The minimum atomic E-state index is 0.319. The van der Waals surface area contributed by atoms with Gasteiger partial charge in [-0.1, -0.05) is 55.5 Å². The van der Waals surface area contributed by atoms with Crippen LogP contribution < -0.4 is 10.1 Å². The summed E-state index contributed by atoms with van der Waals surface area (Å²) in [7, 11) is 0. The van der Waals surface area contributed by atoms with Crippen molar-refractivity contribution in [1.82, 2.24) is 5.32 Å². The van der Waals surface area contributed by atoms with Gasteiger partial charge in [0.25, 0.3) is 0 Å². The van der Waals surface area contributed by atoms with E-state index in [1.165, 1.54) is 11.1 Å². The third-order valence-electron chi connectivity index (χ3n) is 3.91. The molecule has 0 aliphatic carbocycles. The van der Waals surface area contributed by atoms with Crippen LogP contribution in [0.5, 0.6) is 5.75 Å². The molecule has 1 heterocycles. The highest BCUT2D eigenvalue weighted by atomic mass is 16.5. The largest absolute Gasteiger partial charge is 0.493 e. The van der Waals surface area contributed by atoms with Gasteiger partial charge >= 0.3 is 0 Å². The topological polar surface area (TPSA) is 21.3 Å². The summed E-state index contributed by atoms with van der Waals surface area (Å²) in [6.07, 6.45) is 1.14. The second kappa shape index (κ2) is 6.10. The van der Waals surface area contributed by atoms with Crippen LogP contribution in [0.25, 0.3) is 0 Å². The fourth-order valence-electron chi connectivity index (χ4n) is 2.92. The highest BCUT2D eigenvalue weighted by Gasteiger charge is 2.31. The molecule has 0 saturated carbocycles. The highest BCUT2D eigenvalue weighted by molar-refractivity contribution is 5.42. The Bertz CT molecular complexity index is 552. The van der Waals surface area contributed by atoms with Gasteiger partial charge in [-0.05, 0) is 24.6 Å². The van der Waals surface area contributed by atoms with Crippen LogP contribution in [0.1, 0.15) is 36.4 Å². The van der Waals surface area contributed by atoms with Crippen molar-refractivity contribution < 1.29 is 4.74 Å². The van der Waals surface area contributed by atoms with E-state index in [2.05, 4.69) is 60.8 Å². The van der Waals surface area contributed by atoms with Crippen LogP contribution in [0, 0.1) is 0 Å². The van der Waals surface area contributed by atoms with Crippen molar-refractivity contribution in [3.05, 3.63) is 65.7 Å². The van der Waals surface area contributed by atoms with Crippen molar-refractivity contribution in [2.45, 2.75) is 25.3 Å². The third kappa shape index (κ3) is 2.56. The van der Waals surface area contributed by atoms with Crippen LogP contribution in [0.2, 0.25) is 0 Å². The van der Waals surface area contributed by atoms with E-state index in [1.54, 1.807) is 0 Å². The number of ether oxygens (including phenoxy) is 1. The number of rotatable bonds is 5. The summed E-state index contributed by atoms with van der Waals surface area (Å²) in [6.45, 7) is 3.99. The van der Waals surface area contributed by atoms with Crippen molar-refractivity contribution >= 4 is 0 Å². The van der Waals surface area contributed by atoms with Crippen molar-refractivity contribution in [3.63, 3.8) is 0 Å². The molecule has 2 aromatic carbocycles. The standard InChI is InChI=1S/C18H21NO/c1-2-12-19-18(14-8-4-3-5-9-14)16-13-20-17-11-7-6-10-15(16)17/h3-11,16,18-19H,2,12-13H2,1H3. The highest BCUT2D eigenvalue weighted by Crippen LogP contribution is 2.41. The average Bonchev–Trinajstić information content (AvgIpc) is 2.93. The third-order valence-corrected chi connectivity index (χ3v) is 3.91. The number of hydrogen-bond donors (Lipinski definition) is 1. The molecule has 2 aromatic rings. The van der Waals surface area contributed by atoms with Crippen molar-refractivity contribution in [1.29, 1.82) is 0 Å². The lowest BCUT2D eigenvalue weighted by atomic mass is 9.88. The number of hydrogen-bond acceptors (Lipinski definition) is 2. The van der Waals surface area contributed by atoms with Gasteiger partial charge in [0.2, 0.25) is 0 Å². The van der Waals surface area contributed by atoms with Gasteiger partial charge in [-0.2, -0.15) is 0 Å². The molecule has 0 fully saturated rings. The summed E-state index contributed by atoms with van der Waals surface area (Å²) in [5, 5.41) is 3.69. The van der Waals surface area contributed by atoms with E-state index in [-0.39, 0.29) is 0 Å². The van der Waals surface area contributed by atoms with E-state index in [9.17, 15) is 0 Å². The molecular weight excluding hydrogens is 246 g/mol. The Balaban J connectivity index is 1.91. The summed E-state index contributed by atoms with van der Waals surface area (Å²) < 4.78 is 5.85. The molecule has 20 heavy (non-hydrogen) atoms. The van der Waals surface area contributed by atoms with Gasteiger partial charge in [-0.15, -0.1) is 0 Å². The monoisotopic (exact) mass is 267 g/mol. The van der Waals surface area contributed by atoms with E-state index >= 15 is 0 Å². The zero-order valence-electron chi connectivity index (χ0n) is 11.9. The number of nitrogens with one attached hydrogen (secondary N) is 1. The Kier molecular flexibility index (Phi) is 4.03. The number of benzene rings is 2. The lowest BCUT2D eigenvalue weighted by Gasteiger charge is -2.24. The summed E-state index contributed by atoms with van der Waals surface area (Å²) in [5.41, 5.74) is 2.66. The molecule has 1 aliphatic heterocycles. The van der Waals surface area contributed by atoms with Crippen molar-refractivity contribution in [2.75, 3.05) is 13.2 Å². The molecule has 2 nitrogen and oxygen atoms in total. The van der Waals surface area contributed by atoms with E-state index in [0.29, 0.717) is 12.0 Å². The van der Waals surface area contributed by atoms with Crippen LogP contribution >= 0.6 is 0 Å². The minimum Gasteiger partial charge on any atom is -0.493 e. The number of fused-ring (bicyclic) bond motifs is 1. The van der Waals surface area contributed by atoms with E-state index in [1.807, 2.05) is 6.07 Å². The Morgan fingerprint density at radius 1 is 1.10 bits per heavy atom. The SMILES string of the molecule is CCCNC(c1ccccc1)C1COc2ccccc21. The smallest absolute Gasteiger partial charge is 0.122 e. The normalized spacial score (nSPS) is 18.4. The van der Waals surface area contributed by atoms with Crippen LogP contribution in [0.15, 0.2) is 54.6 Å². The second-order valence-electron chi connectivity index (χ2n) is 5.30. The van der Waals surface area contributed by atoms with Gasteiger partial charge in [0.1, 0.15) is 5.75 Å². The molecular formula is C18H21NO. The van der Waals surface area contributed by atoms with Crippen molar-refractivity contribution in [2.24, 2.45) is 0 Å². The van der Waals surface area contributed by atoms with Gasteiger partial charge in [0, 0.05) is 17.5 Å². The maximum absolute atomic E-state index is 5.85. The molecule has 104 valence electrons. The average molecular weight is 267 g/mol. The predicted octanol–water partition coefficient (Wildman–Crippen LogP) is 3.90. The summed E-state index contributed by atoms with van der Waals surface area (Å²) in [4.78, 5) is 0. The van der Waals surface area contributed by atoms with Crippen LogP contribution in [0.3, 0.4) is 0 Å². The second-order valence-corrected chi connectivity index (χ2v) is 5.30. The van der Waals surface area contributed by atoms with Crippen LogP contribution in [0.4, 0.5) is 0 Å². The first-order chi connectivity index (χ1) is 9.90. The molecule has 0 aromatic heterocycles.